The van der Waals surface area contributed by atoms with Crippen molar-refractivity contribution >= 4 is 22.5 Å². The van der Waals surface area contributed by atoms with Gasteiger partial charge in [-0.3, -0.25) is 0 Å². The Labute approximate surface area is 168 Å². The molecule has 29 heavy (non-hydrogen) atoms. The molecule has 0 atom stereocenters. The van der Waals surface area contributed by atoms with Gasteiger partial charge in [0.15, 0.2) is 6.61 Å². The van der Waals surface area contributed by atoms with Crippen LogP contribution in [0.4, 0.5) is 22.0 Å². The highest BCUT2D eigenvalue weighted by Crippen LogP contribution is 2.35. The normalized spacial score (nSPS) is 12.5. The van der Waals surface area contributed by atoms with E-state index in [0.717, 1.165) is 22.9 Å². The van der Waals surface area contributed by atoms with Crippen molar-refractivity contribution in [1.29, 1.82) is 0 Å². The molecule has 0 unspecified atom stereocenters. The highest BCUT2D eigenvalue weighted by molar-refractivity contribution is 6.31. The van der Waals surface area contributed by atoms with Crippen molar-refractivity contribution in [2.75, 3.05) is 13.2 Å². The quantitative estimate of drug-likeness (QED) is 0.352. The largest absolute Gasteiger partial charge is 0.487 e. The first-order valence-electron chi connectivity index (χ1n) is 8.78. The van der Waals surface area contributed by atoms with Crippen LogP contribution in [0.15, 0.2) is 48.7 Å². The van der Waals surface area contributed by atoms with Gasteiger partial charge < -0.3 is 15.0 Å². The van der Waals surface area contributed by atoms with E-state index in [1.807, 2.05) is 24.4 Å². The van der Waals surface area contributed by atoms with Crippen LogP contribution in [0.25, 0.3) is 10.9 Å². The Kier molecular flexibility index (Phi) is 6.33. The summed E-state index contributed by atoms with van der Waals surface area (Å²) in [5.41, 5.74) is 2.78. The van der Waals surface area contributed by atoms with E-state index in [0.29, 0.717) is 23.7 Å². The zero-order chi connectivity index (χ0) is 21.1. The molecule has 0 spiro atoms. The van der Waals surface area contributed by atoms with Crippen molar-refractivity contribution in [2.45, 2.75) is 25.1 Å². The van der Waals surface area contributed by atoms with Crippen LogP contribution in [-0.4, -0.2) is 30.2 Å². The molecule has 0 saturated carbocycles. The number of rotatable bonds is 8. The molecule has 0 amide bonds. The first-order valence-corrected chi connectivity index (χ1v) is 9.16. The maximum Gasteiger partial charge on any atom is 0.456 e. The molecule has 0 aliphatic carbocycles. The van der Waals surface area contributed by atoms with E-state index in [-0.39, 0.29) is 5.75 Å². The van der Waals surface area contributed by atoms with Crippen molar-refractivity contribution < 1.29 is 26.7 Å². The van der Waals surface area contributed by atoms with Crippen molar-refractivity contribution in [3.05, 3.63) is 64.8 Å². The number of alkyl halides is 5. The van der Waals surface area contributed by atoms with Crippen molar-refractivity contribution in [3.63, 3.8) is 0 Å². The van der Waals surface area contributed by atoms with Gasteiger partial charge in [-0.15, -0.1) is 0 Å². The average Bonchev–Trinajstić information content (AvgIpc) is 3.05. The molecule has 0 radical (unpaired) electrons. The highest BCUT2D eigenvalue weighted by atomic mass is 35.5. The first-order chi connectivity index (χ1) is 13.7. The summed E-state index contributed by atoms with van der Waals surface area (Å²) < 4.78 is 67.2. The molecule has 3 aromatic rings. The standard InChI is InChI=1S/C20H18ClF5N2O/c21-15-4-5-17-14(11-28-18(17)9-15)6-7-27-10-13-2-1-3-16(8-13)29-12-19(22,23)20(24,25)26/h1-5,8-9,11,27-28H,6-7,10,12H2. The number of aromatic nitrogens is 1. The predicted molar refractivity (Wildman–Crippen MR) is 102 cm³/mol. The fourth-order valence-electron chi connectivity index (χ4n) is 2.82. The summed E-state index contributed by atoms with van der Waals surface area (Å²) in [6, 6.07) is 11.7. The fraction of sp³-hybridized carbons (Fsp3) is 0.300. The molecule has 0 aliphatic rings. The molecule has 0 saturated heterocycles. The van der Waals surface area contributed by atoms with Crippen LogP contribution in [0, 0.1) is 0 Å². The van der Waals surface area contributed by atoms with Crippen molar-refractivity contribution in [3.8, 4) is 5.75 Å². The van der Waals surface area contributed by atoms with Gasteiger partial charge in [0.25, 0.3) is 0 Å². The minimum Gasteiger partial charge on any atom is -0.487 e. The first kappa shape index (κ1) is 21.4. The Morgan fingerprint density at radius 3 is 2.59 bits per heavy atom. The Bertz CT molecular complexity index is 971. The minimum atomic E-state index is -5.64. The van der Waals surface area contributed by atoms with Gasteiger partial charge in [-0.2, -0.15) is 22.0 Å². The van der Waals surface area contributed by atoms with Crippen LogP contribution in [0.2, 0.25) is 5.02 Å². The zero-order valence-corrected chi connectivity index (χ0v) is 15.9. The van der Waals surface area contributed by atoms with Gasteiger partial charge in [0.05, 0.1) is 0 Å². The van der Waals surface area contributed by atoms with Gasteiger partial charge in [0.1, 0.15) is 5.75 Å². The van der Waals surface area contributed by atoms with Gasteiger partial charge in [-0.25, -0.2) is 0 Å². The summed E-state index contributed by atoms with van der Waals surface area (Å²) in [7, 11) is 0. The molecule has 3 rings (SSSR count). The third-order valence-corrected chi connectivity index (χ3v) is 4.60. The summed E-state index contributed by atoms with van der Waals surface area (Å²) in [6.07, 6.45) is -2.98. The molecular formula is C20H18ClF5N2O. The van der Waals surface area contributed by atoms with E-state index < -0.39 is 18.7 Å². The zero-order valence-electron chi connectivity index (χ0n) is 15.1. The van der Waals surface area contributed by atoms with Crippen LogP contribution >= 0.6 is 11.6 Å². The third-order valence-electron chi connectivity index (χ3n) is 4.36. The molecule has 1 aromatic heterocycles. The summed E-state index contributed by atoms with van der Waals surface area (Å²) >= 11 is 5.97. The number of hydrogen-bond acceptors (Lipinski definition) is 2. The van der Waals surface area contributed by atoms with Gasteiger partial charge in [-0.1, -0.05) is 29.8 Å². The molecule has 156 valence electrons. The molecule has 9 heteroatoms. The van der Waals surface area contributed by atoms with Gasteiger partial charge >= 0.3 is 12.1 Å². The molecule has 0 fully saturated rings. The van der Waals surface area contributed by atoms with Gasteiger partial charge in [0.2, 0.25) is 0 Å². The van der Waals surface area contributed by atoms with Gasteiger partial charge in [0, 0.05) is 28.7 Å². The van der Waals surface area contributed by atoms with E-state index in [9.17, 15) is 22.0 Å². The number of nitrogens with one attached hydrogen (secondary N) is 2. The second-order valence-electron chi connectivity index (χ2n) is 6.57. The van der Waals surface area contributed by atoms with E-state index in [1.54, 1.807) is 12.1 Å². The SMILES string of the molecule is FC(F)(F)C(F)(F)COc1cccc(CNCCc2c[nH]c3cc(Cl)ccc23)c1. The highest BCUT2D eigenvalue weighted by Gasteiger charge is 2.58. The topological polar surface area (TPSA) is 37.0 Å². The number of ether oxygens (including phenoxy) is 1. The molecule has 0 bridgehead atoms. The summed E-state index contributed by atoms with van der Waals surface area (Å²) in [5, 5.41) is 4.95. The van der Waals surface area contributed by atoms with Crippen LogP contribution in [0.3, 0.4) is 0 Å². The second-order valence-corrected chi connectivity index (χ2v) is 7.01. The second kappa shape index (κ2) is 8.59. The van der Waals surface area contributed by atoms with E-state index in [2.05, 4.69) is 15.0 Å². The van der Waals surface area contributed by atoms with E-state index in [1.165, 1.54) is 12.1 Å². The smallest absolute Gasteiger partial charge is 0.456 e. The number of halogens is 6. The number of hydrogen-bond donors (Lipinski definition) is 2. The number of H-pyrrole nitrogens is 1. The summed E-state index contributed by atoms with van der Waals surface area (Å²) in [5.74, 6) is -4.94. The maximum atomic E-state index is 13.0. The lowest BCUT2D eigenvalue weighted by atomic mass is 10.1. The monoisotopic (exact) mass is 432 g/mol. The van der Waals surface area contributed by atoms with Crippen LogP contribution in [0.1, 0.15) is 11.1 Å². The third kappa shape index (κ3) is 5.39. The molecule has 3 nitrogen and oxygen atoms in total. The van der Waals surface area contributed by atoms with E-state index in [4.69, 9.17) is 11.6 Å². The Balaban J connectivity index is 1.50. The Morgan fingerprint density at radius 2 is 1.83 bits per heavy atom. The predicted octanol–water partition coefficient (Wildman–Crippen LogP) is 5.73. The van der Waals surface area contributed by atoms with Crippen molar-refractivity contribution in [1.82, 2.24) is 10.3 Å². The molecule has 2 N–H and O–H groups in total. The van der Waals surface area contributed by atoms with Crippen LogP contribution in [0.5, 0.6) is 5.75 Å². The maximum absolute atomic E-state index is 13.0. The van der Waals surface area contributed by atoms with Crippen LogP contribution < -0.4 is 10.1 Å². The lowest BCUT2D eigenvalue weighted by Crippen LogP contribution is -2.41. The Morgan fingerprint density at radius 1 is 1.03 bits per heavy atom. The van der Waals surface area contributed by atoms with Crippen LogP contribution in [-0.2, 0) is 13.0 Å². The lowest BCUT2D eigenvalue weighted by Gasteiger charge is -2.20. The van der Waals surface area contributed by atoms with Crippen molar-refractivity contribution in [2.24, 2.45) is 0 Å². The van der Waals surface area contributed by atoms with Gasteiger partial charge in [-0.05, 0) is 48.4 Å². The molecule has 1 heterocycles. The number of benzene rings is 2. The average molecular weight is 433 g/mol. The fourth-order valence-corrected chi connectivity index (χ4v) is 2.99. The summed E-state index contributed by atoms with van der Waals surface area (Å²) in [6.45, 7) is -0.689. The molecule has 2 aromatic carbocycles. The Hall–Kier alpha value is -2.32. The lowest BCUT2D eigenvalue weighted by molar-refractivity contribution is -0.290. The van der Waals surface area contributed by atoms with E-state index >= 15 is 0 Å². The minimum absolute atomic E-state index is 0.0401. The molecular weight excluding hydrogens is 415 g/mol. The number of aromatic amines is 1. The molecule has 0 aliphatic heterocycles. The number of fused-ring (bicyclic) bond motifs is 1. The summed E-state index contributed by atoms with van der Waals surface area (Å²) in [4.78, 5) is 3.16.